The van der Waals surface area contributed by atoms with Gasteiger partial charge in [0, 0.05) is 24.0 Å². The highest BCUT2D eigenvalue weighted by Crippen LogP contribution is 2.38. The number of benzene rings is 2. The topological polar surface area (TPSA) is 127 Å². The molecule has 30 heavy (non-hydrogen) atoms. The Hall–Kier alpha value is -2.80. The second kappa shape index (κ2) is 9.34. The van der Waals surface area contributed by atoms with E-state index in [1.54, 1.807) is 18.2 Å². The summed E-state index contributed by atoms with van der Waals surface area (Å²) in [6, 6.07) is 10.1. The number of nitro benzene ring substituents is 2. The number of rotatable bonds is 7. The number of amides is 1. The van der Waals surface area contributed by atoms with Crippen LogP contribution in [-0.2, 0) is 4.79 Å². The number of nitrogens with zero attached hydrogens (tertiary/aromatic N) is 3. The Morgan fingerprint density at radius 3 is 2.60 bits per heavy atom. The van der Waals surface area contributed by atoms with Crippen molar-refractivity contribution in [2.45, 2.75) is 4.90 Å². The Labute approximate surface area is 184 Å². The van der Waals surface area contributed by atoms with E-state index in [1.807, 2.05) is 0 Å². The number of hydrogen-bond acceptors (Lipinski definition) is 9. The first-order valence-electron chi connectivity index (χ1n) is 8.36. The lowest BCUT2D eigenvalue weighted by atomic mass is 10.2. The third kappa shape index (κ3) is 4.67. The zero-order chi connectivity index (χ0) is 21.8. The van der Waals surface area contributed by atoms with E-state index in [0.717, 1.165) is 23.5 Å². The molecule has 9 nitrogen and oxygen atoms in total. The molecule has 1 aliphatic heterocycles. The zero-order valence-electron chi connectivity index (χ0n) is 15.1. The average Bonchev–Trinajstić information content (AvgIpc) is 2.99. The fourth-order valence-corrected chi connectivity index (χ4v) is 4.69. The number of aliphatic hydroxyl groups excluding tert-OH is 1. The van der Waals surface area contributed by atoms with Crippen molar-refractivity contribution in [3.63, 3.8) is 0 Å². The summed E-state index contributed by atoms with van der Waals surface area (Å²) < 4.78 is 0.205. The average molecular weight is 464 g/mol. The second-order valence-corrected chi connectivity index (χ2v) is 8.66. The Balaban J connectivity index is 1.92. The summed E-state index contributed by atoms with van der Waals surface area (Å²) in [4.78, 5) is 36.0. The molecule has 3 rings (SSSR count). The number of non-ortho nitro benzene ring substituents is 1. The van der Waals surface area contributed by atoms with Gasteiger partial charge in [-0.3, -0.25) is 29.9 Å². The van der Waals surface area contributed by atoms with Gasteiger partial charge in [0.1, 0.15) is 0 Å². The molecule has 1 heterocycles. The van der Waals surface area contributed by atoms with E-state index in [9.17, 15) is 25.0 Å². The van der Waals surface area contributed by atoms with Gasteiger partial charge >= 0.3 is 0 Å². The summed E-state index contributed by atoms with van der Waals surface area (Å²) in [6.45, 7) is -0.107. The Bertz CT molecular complexity index is 1090. The summed E-state index contributed by atoms with van der Waals surface area (Å²) in [7, 11) is 0. The third-order valence-corrected chi connectivity index (χ3v) is 6.26. The standard InChI is InChI=1S/C18H13N3O6S3/c22-6-7-29-15-5-4-11(8-14(15)21(26)27)9-16-17(23)19(18(28)30-16)12-2-1-3-13(10-12)20(24)25/h1-5,8-10,22H,6-7H2/b16-9+. The van der Waals surface area contributed by atoms with Gasteiger partial charge in [0.05, 0.1) is 31.9 Å². The Morgan fingerprint density at radius 2 is 1.93 bits per heavy atom. The lowest BCUT2D eigenvalue weighted by Gasteiger charge is -2.13. The monoisotopic (exact) mass is 463 g/mol. The number of thiocarbonyl (C=S) groups is 1. The highest BCUT2D eigenvalue weighted by Gasteiger charge is 2.34. The predicted molar refractivity (Wildman–Crippen MR) is 120 cm³/mol. The minimum absolute atomic E-state index is 0.107. The molecule has 1 saturated heterocycles. The second-order valence-electron chi connectivity index (χ2n) is 5.85. The van der Waals surface area contributed by atoms with E-state index in [-0.39, 0.29) is 32.9 Å². The van der Waals surface area contributed by atoms with Gasteiger partial charge in [-0.1, -0.05) is 36.1 Å². The Kier molecular flexibility index (Phi) is 6.82. The molecular formula is C18H13N3O6S3. The van der Waals surface area contributed by atoms with E-state index < -0.39 is 15.8 Å². The molecule has 0 aliphatic carbocycles. The van der Waals surface area contributed by atoms with Crippen molar-refractivity contribution in [2.24, 2.45) is 0 Å². The smallest absolute Gasteiger partial charge is 0.283 e. The van der Waals surface area contributed by atoms with Crippen molar-refractivity contribution >= 4 is 69.1 Å². The van der Waals surface area contributed by atoms with Gasteiger partial charge < -0.3 is 5.11 Å². The first-order chi connectivity index (χ1) is 14.3. The van der Waals surface area contributed by atoms with Crippen molar-refractivity contribution in [3.8, 4) is 0 Å². The summed E-state index contributed by atoms with van der Waals surface area (Å²) >= 11 is 7.43. The van der Waals surface area contributed by atoms with Crippen LogP contribution in [-0.4, -0.2) is 37.5 Å². The molecule has 0 aromatic heterocycles. The van der Waals surface area contributed by atoms with Crippen LogP contribution in [0.3, 0.4) is 0 Å². The van der Waals surface area contributed by atoms with Gasteiger partial charge in [-0.05, 0) is 23.8 Å². The van der Waals surface area contributed by atoms with Crippen LogP contribution in [0.4, 0.5) is 17.1 Å². The number of anilines is 1. The van der Waals surface area contributed by atoms with Gasteiger partial charge in [-0.2, -0.15) is 0 Å². The highest BCUT2D eigenvalue weighted by molar-refractivity contribution is 8.27. The maximum Gasteiger partial charge on any atom is 0.283 e. The lowest BCUT2D eigenvalue weighted by Crippen LogP contribution is -2.27. The summed E-state index contributed by atoms with van der Waals surface area (Å²) in [5.74, 6) is -0.144. The van der Waals surface area contributed by atoms with Crippen molar-refractivity contribution < 1.29 is 19.7 Å². The van der Waals surface area contributed by atoms with E-state index >= 15 is 0 Å². The number of hydrogen-bond donors (Lipinski definition) is 1. The SMILES string of the molecule is O=C1/C(=C\c2ccc(SCCO)c([N+](=O)[O-])c2)SC(=S)N1c1cccc([N+](=O)[O-])c1. The largest absolute Gasteiger partial charge is 0.396 e. The normalized spacial score (nSPS) is 15.1. The zero-order valence-corrected chi connectivity index (χ0v) is 17.5. The minimum atomic E-state index is -0.563. The summed E-state index contributed by atoms with van der Waals surface area (Å²) in [5, 5.41) is 31.3. The molecule has 0 bridgehead atoms. The molecular weight excluding hydrogens is 450 g/mol. The van der Waals surface area contributed by atoms with E-state index in [4.69, 9.17) is 17.3 Å². The van der Waals surface area contributed by atoms with Gasteiger partial charge in [0.15, 0.2) is 4.32 Å². The number of carbonyl (C=O) groups is 1. The van der Waals surface area contributed by atoms with Crippen molar-refractivity contribution in [3.05, 3.63) is 73.2 Å². The Morgan fingerprint density at radius 1 is 1.17 bits per heavy atom. The molecule has 2 aromatic rings. The van der Waals surface area contributed by atoms with E-state index in [1.165, 1.54) is 35.2 Å². The molecule has 1 fully saturated rings. The van der Waals surface area contributed by atoms with Crippen LogP contribution in [0.5, 0.6) is 0 Å². The number of aliphatic hydroxyl groups is 1. The van der Waals surface area contributed by atoms with Gasteiger partial charge in [-0.15, -0.1) is 11.8 Å². The molecule has 1 aliphatic rings. The predicted octanol–water partition coefficient (Wildman–Crippen LogP) is 3.99. The number of thioether (sulfide) groups is 2. The van der Waals surface area contributed by atoms with E-state index in [2.05, 4.69) is 0 Å². The van der Waals surface area contributed by atoms with Crippen LogP contribution in [0.2, 0.25) is 0 Å². The molecule has 2 aromatic carbocycles. The van der Waals surface area contributed by atoms with Crippen LogP contribution in [0.15, 0.2) is 52.3 Å². The molecule has 1 N–H and O–H groups in total. The first-order valence-corrected chi connectivity index (χ1v) is 10.6. The summed E-state index contributed by atoms with van der Waals surface area (Å²) in [6.07, 6.45) is 1.49. The molecule has 0 spiro atoms. The van der Waals surface area contributed by atoms with Crippen molar-refractivity contribution in [1.82, 2.24) is 0 Å². The van der Waals surface area contributed by atoms with Crippen LogP contribution < -0.4 is 4.90 Å². The highest BCUT2D eigenvalue weighted by atomic mass is 32.2. The van der Waals surface area contributed by atoms with Crippen LogP contribution >= 0.6 is 35.7 Å². The molecule has 0 radical (unpaired) electrons. The van der Waals surface area contributed by atoms with Crippen LogP contribution in [0.1, 0.15) is 5.56 Å². The lowest BCUT2D eigenvalue weighted by molar-refractivity contribution is -0.387. The first kappa shape index (κ1) is 21.9. The molecule has 0 unspecified atom stereocenters. The number of nitro groups is 2. The van der Waals surface area contributed by atoms with Crippen LogP contribution in [0.25, 0.3) is 6.08 Å². The summed E-state index contributed by atoms with van der Waals surface area (Å²) in [5.41, 5.74) is 0.417. The van der Waals surface area contributed by atoms with Crippen molar-refractivity contribution in [2.75, 3.05) is 17.3 Å². The minimum Gasteiger partial charge on any atom is -0.396 e. The van der Waals surface area contributed by atoms with Gasteiger partial charge in [0.25, 0.3) is 17.3 Å². The maximum absolute atomic E-state index is 12.8. The fraction of sp³-hybridized carbons (Fsp3) is 0.111. The third-order valence-electron chi connectivity index (χ3n) is 3.92. The molecule has 12 heteroatoms. The van der Waals surface area contributed by atoms with Crippen LogP contribution in [0, 0.1) is 20.2 Å². The van der Waals surface area contributed by atoms with Gasteiger partial charge in [-0.25, -0.2) is 0 Å². The molecule has 0 saturated carbocycles. The maximum atomic E-state index is 12.8. The van der Waals surface area contributed by atoms with E-state index in [0.29, 0.717) is 16.2 Å². The quantitative estimate of drug-likeness (QED) is 0.213. The molecule has 0 atom stereocenters. The molecule has 154 valence electrons. The number of carbonyl (C=O) groups excluding carboxylic acids is 1. The van der Waals surface area contributed by atoms with Gasteiger partial charge in [0.2, 0.25) is 0 Å². The molecule has 1 amide bonds. The fourth-order valence-electron chi connectivity index (χ4n) is 2.63. The van der Waals surface area contributed by atoms with Crippen molar-refractivity contribution in [1.29, 1.82) is 0 Å².